The number of nitrogens with one attached hydrogen (secondary N) is 1. The van der Waals surface area contributed by atoms with Crippen LogP contribution >= 0.6 is 0 Å². The molecule has 0 aliphatic carbocycles. The first-order chi connectivity index (χ1) is 9.52. The molecule has 0 saturated heterocycles. The molecule has 0 heterocycles. The molecule has 5 nitrogen and oxygen atoms in total. The highest BCUT2D eigenvalue weighted by molar-refractivity contribution is 5.91. The van der Waals surface area contributed by atoms with Crippen molar-refractivity contribution < 1.29 is 14.7 Å². The summed E-state index contributed by atoms with van der Waals surface area (Å²) in [6.45, 7) is 1.92. The van der Waals surface area contributed by atoms with E-state index in [4.69, 9.17) is 10.4 Å². The molecule has 1 aromatic rings. The Morgan fingerprint density at radius 1 is 1.40 bits per heavy atom. The van der Waals surface area contributed by atoms with Crippen molar-refractivity contribution in [3.8, 4) is 6.07 Å². The lowest BCUT2D eigenvalue weighted by Crippen LogP contribution is -2.25. The highest BCUT2D eigenvalue weighted by atomic mass is 16.4. The Morgan fingerprint density at radius 2 is 2.05 bits per heavy atom. The summed E-state index contributed by atoms with van der Waals surface area (Å²) in [6, 6.07) is 8.85. The van der Waals surface area contributed by atoms with Crippen molar-refractivity contribution in [3.63, 3.8) is 0 Å². The molecule has 1 rings (SSSR count). The van der Waals surface area contributed by atoms with Gasteiger partial charge < -0.3 is 10.4 Å². The number of nitriles is 1. The molecule has 1 aromatic carbocycles. The first-order valence-electron chi connectivity index (χ1n) is 6.22. The summed E-state index contributed by atoms with van der Waals surface area (Å²) in [4.78, 5) is 22.1. The Labute approximate surface area is 117 Å². The van der Waals surface area contributed by atoms with Crippen LogP contribution in [0.3, 0.4) is 0 Å². The van der Waals surface area contributed by atoms with Gasteiger partial charge in [0.05, 0.1) is 17.6 Å². The van der Waals surface area contributed by atoms with Crippen molar-refractivity contribution in [1.82, 2.24) is 5.32 Å². The number of benzene rings is 1. The maximum Gasteiger partial charge on any atom is 0.306 e. The molecule has 0 spiro atoms. The van der Waals surface area contributed by atoms with E-state index in [2.05, 4.69) is 5.32 Å². The fourth-order valence-electron chi connectivity index (χ4n) is 1.43. The second-order valence-corrected chi connectivity index (χ2v) is 4.39. The van der Waals surface area contributed by atoms with E-state index in [9.17, 15) is 9.59 Å². The summed E-state index contributed by atoms with van der Waals surface area (Å²) in [5, 5.41) is 20.0. The molecule has 0 bridgehead atoms. The number of hydrogen-bond donors (Lipinski definition) is 2. The van der Waals surface area contributed by atoms with Crippen molar-refractivity contribution in [2.24, 2.45) is 5.92 Å². The zero-order valence-corrected chi connectivity index (χ0v) is 11.2. The lowest BCUT2D eigenvalue weighted by Gasteiger charge is -2.05. The van der Waals surface area contributed by atoms with Crippen LogP contribution in [0.25, 0.3) is 6.08 Å². The summed E-state index contributed by atoms with van der Waals surface area (Å²) in [5.74, 6) is -1.61. The standard InChI is InChI=1S/C15H16N2O3/c1-11(15(19)20)8-9-17-14(18)7-6-12-2-4-13(10-16)5-3-12/h2-7,11H,8-9H2,1H3,(H,17,18)(H,19,20)/b7-6+. The van der Waals surface area contributed by atoms with Crippen LogP contribution in [0.4, 0.5) is 0 Å². The number of aliphatic carboxylic acids is 1. The van der Waals surface area contributed by atoms with E-state index in [0.29, 0.717) is 18.5 Å². The summed E-state index contributed by atoms with van der Waals surface area (Å²) in [5.41, 5.74) is 1.38. The quantitative estimate of drug-likeness (QED) is 0.772. The van der Waals surface area contributed by atoms with Crippen molar-refractivity contribution in [2.75, 3.05) is 6.54 Å². The van der Waals surface area contributed by atoms with Crippen molar-refractivity contribution in [2.45, 2.75) is 13.3 Å². The number of hydrogen-bond acceptors (Lipinski definition) is 3. The Bertz CT molecular complexity index is 541. The largest absolute Gasteiger partial charge is 0.481 e. The lowest BCUT2D eigenvalue weighted by atomic mass is 10.1. The molecule has 0 saturated carbocycles. The Balaban J connectivity index is 2.39. The van der Waals surface area contributed by atoms with E-state index in [-0.39, 0.29) is 5.91 Å². The maximum atomic E-state index is 11.5. The summed E-state index contributed by atoms with van der Waals surface area (Å²) < 4.78 is 0. The molecular formula is C15H16N2O3. The Kier molecular flexibility index (Phi) is 5.98. The Hall–Kier alpha value is -2.61. The second-order valence-electron chi connectivity index (χ2n) is 4.39. The van der Waals surface area contributed by atoms with Gasteiger partial charge in [0.2, 0.25) is 5.91 Å². The monoisotopic (exact) mass is 272 g/mol. The average Bonchev–Trinajstić information content (AvgIpc) is 2.45. The lowest BCUT2D eigenvalue weighted by molar-refractivity contribution is -0.141. The van der Waals surface area contributed by atoms with Crippen LogP contribution in [0.15, 0.2) is 30.3 Å². The number of carboxylic acids is 1. The van der Waals surface area contributed by atoms with Gasteiger partial charge in [-0.15, -0.1) is 0 Å². The van der Waals surface area contributed by atoms with Crippen molar-refractivity contribution >= 4 is 18.0 Å². The highest BCUT2D eigenvalue weighted by Gasteiger charge is 2.09. The first-order valence-corrected chi connectivity index (χ1v) is 6.22. The Morgan fingerprint density at radius 3 is 2.60 bits per heavy atom. The van der Waals surface area contributed by atoms with Gasteiger partial charge in [-0.25, -0.2) is 0 Å². The molecule has 0 aliphatic rings. The summed E-state index contributed by atoms with van der Waals surface area (Å²) >= 11 is 0. The van der Waals surface area contributed by atoms with E-state index in [1.165, 1.54) is 6.08 Å². The number of carbonyl (C=O) groups excluding carboxylic acids is 1. The van der Waals surface area contributed by atoms with Crippen LogP contribution in [-0.4, -0.2) is 23.5 Å². The number of amides is 1. The molecule has 0 fully saturated rings. The molecular weight excluding hydrogens is 256 g/mol. The van der Waals surface area contributed by atoms with Crippen LogP contribution in [0.1, 0.15) is 24.5 Å². The summed E-state index contributed by atoms with van der Waals surface area (Å²) in [7, 11) is 0. The van der Waals surface area contributed by atoms with Gasteiger partial charge in [-0.2, -0.15) is 5.26 Å². The van der Waals surface area contributed by atoms with Crippen LogP contribution in [0.2, 0.25) is 0 Å². The van der Waals surface area contributed by atoms with Crippen LogP contribution in [0, 0.1) is 17.2 Å². The predicted octanol–water partition coefficient (Wildman–Crippen LogP) is 1.80. The topological polar surface area (TPSA) is 90.2 Å². The minimum atomic E-state index is -0.868. The molecule has 1 amide bonds. The molecule has 0 aromatic heterocycles. The van der Waals surface area contributed by atoms with E-state index >= 15 is 0 Å². The normalized spacial score (nSPS) is 11.8. The van der Waals surface area contributed by atoms with Gasteiger partial charge in [-0.1, -0.05) is 19.1 Å². The molecule has 0 radical (unpaired) electrons. The molecule has 1 atom stereocenters. The zero-order valence-electron chi connectivity index (χ0n) is 11.2. The van der Waals surface area contributed by atoms with Crippen LogP contribution in [0.5, 0.6) is 0 Å². The fraction of sp³-hybridized carbons (Fsp3) is 0.267. The third-order valence-corrected chi connectivity index (χ3v) is 2.77. The van der Waals surface area contributed by atoms with E-state index in [0.717, 1.165) is 5.56 Å². The smallest absolute Gasteiger partial charge is 0.306 e. The van der Waals surface area contributed by atoms with Crippen molar-refractivity contribution in [3.05, 3.63) is 41.5 Å². The molecule has 104 valence electrons. The maximum absolute atomic E-state index is 11.5. The zero-order chi connectivity index (χ0) is 15.0. The van der Waals surface area contributed by atoms with E-state index in [1.54, 1.807) is 37.3 Å². The predicted molar refractivity (Wildman–Crippen MR) is 74.6 cm³/mol. The van der Waals surface area contributed by atoms with Gasteiger partial charge in [-0.05, 0) is 30.2 Å². The van der Waals surface area contributed by atoms with Gasteiger partial charge in [-0.3, -0.25) is 9.59 Å². The molecule has 20 heavy (non-hydrogen) atoms. The van der Waals surface area contributed by atoms with Crippen molar-refractivity contribution in [1.29, 1.82) is 5.26 Å². The molecule has 0 aliphatic heterocycles. The van der Waals surface area contributed by atoms with Gasteiger partial charge in [0, 0.05) is 12.6 Å². The number of nitrogens with zero attached hydrogens (tertiary/aromatic N) is 1. The van der Waals surface area contributed by atoms with Gasteiger partial charge in [0.1, 0.15) is 0 Å². The minimum Gasteiger partial charge on any atom is -0.481 e. The minimum absolute atomic E-state index is 0.271. The van der Waals surface area contributed by atoms with Gasteiger partial charge >= 0.3 is 5.97 Å². The second kappa shape index (κ2) is 7.74. The SMILES string of the molecule is CC(CCNC(=O)/C=C/c1ccc(C#N)cc1)C(=O)O. The molecule has 5 heteroatoms. The first kappa shape index (κ1) is 15.4. The third-order valence-electron chi connectivity index (χ3n) is 2.77. The third kappa shape index (κ3) is 5.36. The fourth-order valence-corrected chi connectivity index (χ4v) is 1.43. The van der Waals surface area contributed by atoms with E-state index in [1.807, 2.05) is 6.07 Å². The number of carbonyl (C=O) groups is 2. The molecule has 1 unspecified atom stereocenters. The summed E-state index contributed by atoms with van der Waals surface area (Å²) in [6.07, 6.45) is 3.41. The van der Waals surface area contributed by atoms with Crippen LogP contribution in [-0.2, 0) is 9.59 Å². The number of rotatable bonds is 6. The van der Waals surface area contributed by atoms with Gasteiger partial charge in [0.25, 0.3) is 0 Å². The van der Waals surface area contributed by atoms with Crippen LogP contribution < -0.4 is 5.32 Å². The van der Waals surface area contributed by atoms with E-state index < -0.39 is 11.9 Å². The molecule has 2 N–H and O–H groups in total. The highest BCUT2D eigenvalue weighted by Crippen LogP contribution is 2.05. The number of carboxylic acid groups (broad SMARTS) is 1. The average molecular weight is 272 g/mol. The van der Waals surface area contributed by atoms with Gasteiger partial charge in [0.15, 0.2) is 0 Å².